The zero-order chi connectivity index (χ0) is 17.4. The number of nitro benzene ring substituents is 1. The molecule has 0 saturated carbocycles. The van der Waals surface area contributed by atoms with Crippen LogP contribution in [-0.4, -0.2) is 15.8 Å². The highest BCUT2D eigenvalue weighted by atomic mass is 16.6. The SMILES string of the molecule is O=C(Nc1ccc([N+](=O)[O-])cc1)c1c2c(nc3ccccc13)CCC2. The molecule has 0 fully saturated rings. The highest BCUT2D eigenvalue weighted by Gasteiger charge is 2.23. The molecule has 0 atom stereocenters. The lowest BCUT2D eigenvalue weighted by Gasteiger charge is -2.12. The van der Waals surface area contributed by atoms with Gasteiger partial charge in [0.1, 0.15) is 0 Å². The summed E-state index contributed by atoms with van der Waals surface area (Å²) in [6.07, 6.45) is 2.73. The summed E-state index contributed by atoms with van der Waals surface area (Å²) < 4.78 is 0. The summed E-state index contributed by atoms with van der Waals surface area (Å²) in [5.41, 5.74) is 4.01. The lowest BCUT2D eigenvalue weighted by atomic mass is 10.0. The number of anilines is 1. The molecule has 1 N–H and O–H groups in total. The Balaban J connectivity index is 1.74. The Hall–Kier alpha value is -3.28. The van der Waals surface area contributed by atoms with Gasteiger partial charge in [0, 0.05) is 28.9 Å². The Labute approximate surface area is 143 Å². The number of hydrogen-bond donors (Lipinski definition) is 1. The van der Waals surface area contributed by atoms with E-state index in [1.807, 2.05) is 24.3 Å². The molecule has 124 valence electrons. The van der Waals surface area contributed by atoms with E-state index >= 15 is 0 Å². The fourth-order valence-electron chi connectivity index (χ4n) is 3.33. The molecule has 4 rings (SSSR count). The first-order valence-electron chi connectivity index (χ1n) is 8.10. The maximum absolute atomic E-state index is 12.9. The highest BCUT2D eigenvalue weighted by Crippen LogP contribution is 2.30. The third kappa shape index (κ3) is 2.71. The second-order valence-electron chi connectivity index (χ2n) is 6.04. The van der Waals surface area contributed by atoms with E-state index < -0.39 is 4.92 Å². The quantitative estimate of drug-likeness (QED) is 0.582. The number of non-ortho nitro benzene ring substituents is 1. The number of benzene rings is 2. The van der Waals surface area contributed by atoms with Gasteiger partial charge in [-0.25, -0.2) is 0 Å². The summed E-state index contributed by atoms with van der Waals surface area (Å²) >= 11 is 0. The number of rotatable bonds is 3. The van der Waals surface area contributed by atoms with Crippen molar-refractivity contribution in [3.8, 4) is 0 Å². The number of nitrogens with zero attached hydrogens (tertiary/aromatic N) is 2. The Kier molecular flexibility index (Phi) is 3.65. The van der Waals surface area contributed by atoms with Crippen molar-refractivity contribution in [1.29, 1.82) is 0 Å². The third-order valence-electron chi connectivity index (χ3n) is 4.48. The van der Waals surface area contributed by atoms with Crippen molar-refractivity contribution >= 4 is 28.2 Å². The van der Waals surface area contributed by atoms with Gasteiger partial charge in [0.2, 0.25) is 0 Å². The minimum absolute atomic E-state index is 0.00625. The number of aryl methyl sites for hydroxylation is 1. The van der Waals surface area contributed by atoms with Gasteiger partial charge < -0.3 is 5.32 Å². The number of aromatic nitrogens is 1. The summed E-state index contributed by atoms with van der Waals surface area (Å²) in [6.45, 7) is 0. The molecule has 0 unspecified atom stereocenters. The minimum Gasteiger partial charge on any atom is -0.322 e. The van der Waals surface area contributed by atoms with E-state index in [-0.39, 0.29) is 11.6 Å². The predicted molar refractivity (Wildman–Crippen MR) is 94.8 cm³/mol. The number of fused-ring (bicyclic) bond motifs is 2. The van der Waals surface area contributed by atoms with E-state index in [0.29, 0.717) is 11.3 Å². The van der Waals surface area contributed by atoms with Gasteiger partial charge in [0.15, 0.2) is 0 Å². The van der Waals surface area contributed by atoms with Gasteiger partial charge in [-0.3, -0.25) is 19.9 Å². The zero-order valence-electron chi connectivity index (χ0n) is 13.4. The van der Waals surface area contributed by atoms with Gasteiger partial charge in [-0.1, -0.05) is 18.2 Å². The highest BCUT2D eigenvalue weighted by molar-refractivity contribution is 6.13. The Morgan fingerprint density at radius 3 is 2.60 bits per heavy atom. The summed E-state index contributed by atoms with van der Waals surface area (Å²) in [5.74, 6) is -0.203. The van der Waals surface area contributed by atoms with Gasteiger partial charge in [0.25, 0.3) is 11.6 Å². The fourth-order valence-corrected chi connectivity index (χ4v) is 3.33. The van der Waals surface area contributed by atoms with Crippen LogP contribution in [0.1, 0.15) is 28.0 Å². The molecule has 0 radical (unpaired) electrons. The van der Waals surface area contributed by atoms with E-state index in [1.54, 1.807) is 12.1 Å². The molecule has 3 aromatic rings. The van der Waals surface area contributed by atoms with Gasteiger partial charge in [0.05, 0.1) is 16.0 Å². The Morgan fingerprint density at radius 1 is 1.08 bits per heavy atom. The van der Waals surface area contributed by atoms with E-state index in [4.69, 9.17) is 0 Å². The normalized spacial score (nSPS) is 12.8. The lowest BCUT2D eigenvalue weighted by Crippen LogP contribution is -2.15. The van der Waals surface area contributed by atoms with Crippen molar-refractivity contribution in [1.82, 2.24) is 4.98 Å². The number of nitro groups is 1. The molecule has 6 nitrogen and oxygen atoms in total. The first kappa shape index (κ1) is 15.3. The number of carbonyl (C=O) groups excluding carboxylic acids is 1. The average molecular weight is 333 g/mol. The minimum atomic E-state index is -0.463. The van der Waals surface area contributed by atoms with E-state index in [9.17, 15) is 14.9 Å². The second-order valence-corrected chi connectivity index (χ2v) is 6.04. The molecule has 0 spiro atoms. The Morgan fingerprint density at radius 2 is 1.84 bits per heavy atom. The van der Waals surface area contributed by atoms with E-state index in [2.05, 4.69) is 10.3 Å². The van der Waals surface area contributed by atoms with Crippen molar-refractivity contribution in [2.75, 3.05) is 5.32 Å². The number of hydrogen-bond acceptors (Lipinski definition) is 4. The molecule has 6 heteroatoms. The standard InChI is InChI=1S/C19H15N3O3/c23-19(20-12-8-10-13(11-9-12)22(24)25)18-14-4-1-2-6-16(14)21-17-7-3-5-15(17)18/h1-2,4,6,8-11H,3,5,7H2,(H,20,23). The number of amides is 1. The Bertz CT molecular complexity index is 997. The molecular weight excluding hydrogens is 318 g/mol. The summed E-state index contributed by atoms with van der Waals surface area (Å²) in [4.78, 5) is 27.9. The molecule has 25 heavy (non-hydrogen) atoms. The molecule has 1 aliphatic carbocycles. The molecule has 1 aliphatic rings. The smallest absolute Gasteiger partial charge is 0.269 e. The van der Waals surface area contributed by atoms with Crippen molar-refractivity contribution in [3.63, 3.8) is 0 Å². The maximum atomic E-state index is 12.9. The van der Waals surface area contributed by atoms with Crippen LogP contribution < -0.4 is 5.32 Å². The van der Waals surface area contributed by atoms with Crippen molar-refractivity contribution < 1.29 is 9.72 Å². The number of carbonyl (C=O) groups is 1. The summed E-state index contributed by atoms with van der Waals surface area (Å²) in [5, 5.41) is 14.4. The molecule has 0 aliphatic heterocycles. The topological polar surface area (TPSA) is 85.1 Å². The van der Waals surface area contributed by atoms with Gasteiger partial charge >= 0.3 is 0 Å². The molecule has 2 aromatic carbocycles. The third-order valence-corrected chi connectivity index (χ3v) is 4.48. The average Bonchev–Trinajstić information content (AvgIpc) is 3.07. The van der Waals surface area contributed by atoms with Crippen LogP contribution in [0, 0.1) is 10.1 Å². The van der Waals surface area contributed by atoms with Crippen molar-refractivity contribution in [2.45, 2.75) is 19.3 Å². The molecule has 1 amide bonds. The van der Waals surface area contributed by atoms with Crippen LogP contribution >= 0.6 is 0 Å². The van der Waals surface area contributed by atoms with Crippen LogP contribution in [0.3, 0.4) is 0 Å². The van der Waals surface area contributed by atoms with Crippen molar-refractivity contribution in [2.24, 2.45) is 0 Å². The van der Waals surface area contributed by atoms with E-state index in [0.717, 1.165) is 41.4 Å². The van der Waals surface area contributed by atoms with Crippen molar-refractivity contribution in [3.05, 3.63) is 75.5 Å². The molecule has 1 aromatic heterocycles. The first-order chi connectivity index (χ1) is 12.1. The molecular formula is C19H15N3O3. The van der Waals surface area contributed by atoms with Crippen LogP contribution in [0.25, 0.3) is 10.9 Å². The molecule has 0 saturated heterocycles. The second kappa shape index (κ2) is 5.98. The van der Waals surface area contributed by atoms with Crippen LogP contribution in [-0.2, 0) is 12.8 Å². The number of pyridine rings is 1. The fraction of sp³-hybridized carbons (Fsp3) is 0.158. The first-order valence-corrected chi connectivity index (χ1v) is 8.10. The van der Waals surface area contributed by atoms with Crippen LogP contribution in [0.15, 0.2) is 48.5 Å². The van der Waals surface area contributed by atoms with E-state index in [1.165, 1.54) is 12.1 Å². The van der Waals surface area contributed by atoms with Crippen LogP contribution in [0.5, 0.6) is 0 Å². The maximum Gasteiger partial charge on any atom is 0.269 e. The van der Waals surface area contributed by atoms with Gasteiger partial charge in [-0.15, -0.1) is 0 Å². The molecule has 0 bridgehead atoms. The number of para-hydroxylation sites is 1. The summed E-state index contributed by atoms with van der Waals surface area (Å²) in [7, 11) is 0. The number of nitrogens with one attached hydrogen (secondary N) is 1. The summed E-state index contributed by atoms with van der Waals surface area (Å²) in [6, 6.07) is 13.5. The van der Waals surface area contributed by atoms with Crippen LogP contribution in [0.2, 0.25) is 0 Å². The van der Waals surface area contributed by atoms with Gasteiger partial charge in [-0.05, 0) is 43.0 Å². The molecule has 1 heterocycles. The van der Waals surface area contributed by atoms with Gasteiger partial charge in [-0.2, -0.15) is 0 Å². The monoisotopic (exact) mass is 333 g/mol. The lowest BCUT2D eigenvalue weighted by molar-refractivity contribution is -0.384. The predicted octanol–water partition coefficient (Wildman–Crippen LogP) is 3.88. The zero-order valence-corrected chi connectivity index (χ0v) is 13.4. The van der Waals surface area contributed by atoms with Crippen LogP contribution in [0.4, 0.5) is 11.4 Å². The largest absolute Gasteiger partial charge is 0.322 e.